The molecule has 0 aromatic heterocycles. The minimum absolute atomic E-state index is 0.0149. The maximum atomic E-state index is 12.2. The molecule has 0 fully saturated rings. The molecule has 0 spiro atoms. The second-order valence-corrected chi connectivity index (χ2v) is 7.48. The minimum Gasteiger partial charge on any atom is -0.314 e. The van der Waals surface area contributed by atoms with Gasteiger partial charge in [-0.05, 0) is 44.0 Å². The van der Waals surface area contributed by atoms with E-state index in [4.69, 9.17) is 0 Å². The summed E-state index contributed by atoms with van der Waals surface area (Å²) in [6.07, 6.45) is 0.562. The molecule has 1 N–H and O–H groups in total. The van der Waals surface area contributed by atoms with Crippen molar-refractivity contribution in [2.75, 3.05) is 22.4 Å². The van der Waals surface area contributed by atoms with Crippen LogP contribution in [0.15, 0.2) is 18.2 Å². The van der Waals surface area contributed by atoms with Gasteiger partial charge in [-0.25, -0.2) is 8.42 Å². The van der Waals surface area contributed by atoms with Crippen molar-refractivity contribution in [2.24, 2.45) is 0 Å². The molecule has 0 aliphatic carbocycles. The lowest BCUT2D eigenvalue weighted by Gasteiger charge is -2.17. The zero-order chi connectivity index (χ0) is 15.1. The van der Waals surface area contributed by atoms with Crippen molar-refractivity contribution in [1.82, 2.24) is 0 Å². The van der Waals surface area contributed by atoms with Crippen LogP contribution in [0.25, 0.3) is 0 Å². The van der Waals surface area contributed by atoms with Crippen LogP contribution in [-0.2, 0) is 20.2 Å². The fourth-order valence-corrected chi connectivity index (χ4v) is 3.66. The average molecular weight is 296 g/mol. The molecule has 0 unspecified atom stereocenters. The van der Waals surface area contributed by atoms with Crippen LogP contribution in [0.4, 0.5) is 11.4 Å². The predicted octanol–water partition coefficient (Wildman–Crippen LogP) is 2.09. The molecule has 0 atom stereocenters. The van der Waals surface area contributed by atoms with E-state index in [2.05, 4.69) is 4.72 Å². The summed E-state index contributed by atoms with van der Waals surface area (Å²) in [5, 5.41) is 0. The Bertz CT molecular complexity index is 650. The Kier molecular flexibility index (Phi) is 3.54. The monoisotopic (exact) mass is 296 g/mol. The van der Waals surface area contributed by atoms with E-state index in [1.807, 2.05) is 20.8 Å². The SMILES string of the molecule is CCCS(=O)(=O)Nc1ccc2c(c1)C(C)(C)C(=O)N2C. The maximum Gasteiger partial charge on any atom is 0.236 e. The molecule has 110 valence electrons. The maximum absolute atomic E-state index is 12.2. The molecular weight excluding hydrogens is 276 g/mol. The van der Waals surface area contributed by atoms with Gasteiger partial charge >= 0.3 is 0 Å². The normalized spacial score (nSPS) is 17.2. The third kappa shape index (κ3) is 2.40. The molecule has 1 aromatic rings. The molecule has 1 aromatic carbocycles. The van der Waals surface area contributed by atoms with E-state index in [0.29, 0.717) is 12.1 Å². The quantitative estimate of drug-likeness (QED) is 0.925. The highest BCUT2D eigenvalue weighted by molar-refractivity contribution is 7.92. The second kappa shape index (κ2) is 4.77. The molecule has 0 saturated carbocycles. The van der Waals surface area contributed by atoms with Crippen LogP contribution >= 0.6 is 0 Å². The van der Waals surface area contributed by atoms with Gasteiger partial charge in [0.05, 0.1) is 11.2 Å². The van der Waals surface area contributed by atoms with E-state index in [9.17, 15) is 13.2 Å². The van der Waals surface area contributed by atoms with Crippen LogP contribution in [0, 0.1) is 0 Å². The minimum atomic E-state index is -3.31. The van der Waals surface area contributed by atoms with Crippen LogP contribution in [0.3, 0.4) is 0 Å². The van der Waals surface area contributed by atoms with E-state index >= 15 is 0 Å². The van der Waals surface area contributed by atoms with E-state index in [1.165, 1.54) is 0 Å². The number of rotatable bonds is 4. The Morgan fingerprint density at radius 1 is 1.30 bits per heavy atom. The molecule has 20 heavy (non-hydrogen) atoms. The molecule has 1 aliphatic rings. The lowest BCUT2D eigenvalue weighted by molar-refractivity contribution is -0.121. The Balaban J connectivity index is 2.40. The number of hydrogen-bond acceptors (Lipinski definition) is 3. The Labute approximate surface area is 120 Å². The van der Waals surface area contributed by atoms with Crippen molar-refractivity contribution in [3.63, 3.8) is 0 Å². The smallest absolute Gasteiger partial charge is 0.236 e. The average Bonchev–Trinajstić information content (AvgIpc) is 2.51. The summed E-state index contributed by atoms with van der Waals surface area (Å²) < 4.78 is 26.2. The van der Waals surface area contributed by atoms with E-state index < -0.39 is 15.4 Å². The third-order valence-corrected chi connectivity index (χ3v) is 5.11. The van der Waals surface area contributed by atoms with Crippen molar-refractivity contribution in [3.8, 4) is 0 Å². The highest BCUT2D eigenvalue weighted by Crippen LogP contribution is 2.41. The van der Waals surface area contributed by atoms with Gasteiger partial charge in [-0.15, -0.1) is 0 Å². The molecule has 1 amide bonds. The zero-order valence-electron chi connectivity index (χ0n) is 12.2. The molecule has 1 aliphatic heterocycles. The van der Waals surface area contributed by atoms with Crippen molar-refractivity contribution < 1.29 is 13.2 Å². The Morgan fingerprint density at radius 2 is 1.95 bits per heavy atom. The summed E-state index contributed by atoms with van der Waals surface area (Å²) in [6.45, 7) is 5.52. The summed E-state index contributed by atoms with van der Waals surface area (Å²) in [6, 6.07) is 5.23. The van der Waals surface area contributed by atoms with Crippen LogP contribution < -0.4 is 9.62 Å². The molecule has 6 heteroatoms. The number of nitrogens with one attached hydrogen (secondary N) is 1. The number of sulfonamides is 1. The number of hydrogen-bond donors (Lipinski definition) is 1. The van der Waals surface area contributed by atoms with Crippen LogP contribution in [-0.4, -0.2) is 27.1 Å². The zero-order valence-corrected chi connectivity index (χ0v) is 13.0. The fourth-order valence-electron chi connectivity index (χ4n) is 2.54. The molecule has 1 heterocycles. The van der Waals surface area contributed by atoms with Crippen LogP contribution in [0.1, 0.15) is 32.8 Å². The van der Waals surface area contributed by atoms with E-state index in [-0.39, 0.29) is 11.7 Å². The largest absolute Gasteiger partial charge is 0.314 e. The lowest BCUT2D eigenvalue weighted by atomic mass is 9.86. The predicted molar refractivity (Wildman–Crippen MR) is 80.6 cm³/mol. The highest BCUT2D eigenvalue weighted by atomic mass is 32.2. The summed E-state index contributed by atoms with van der Waals surface area (Å²) in [7, 11) is -1.58. The van der Waals surface area contributed by atoms with Crippen molar-refractivity contribution in [3.05, 3.63) is 23.8 Å². The standard InChI is InChI=1S/C14H20N2O3S/c1-5-8-20(18,19)15-10-6-7-12-11(9-10)14(2,3)13(17)16(12)4/h6-7,9,15H,5,8H2,1-4H3. The summed E-state index contributed by atoms with van der Waals surface area (Å²) in [5.74, 6) is 0.104. The molecule has 5 nitrogen and oxygen atoms in total. The Hall–Kier alpha value is -1.56. The molecular formula is C14H20N2O3S. The number of nitrogens with zero attached hydrogens (tertiary/aromatic N) is 1. The molecule has 2 rings (SSSR count). The number of fused-ring (bicyclic) bond motifs is 1. The van der Waals surface area contributed by atoms with Gasteiger partial charge in [0.2, 0.25) is 15.9 Å². The van der Waals surface area contributed by atoms with E-state index in [1.54, 1.807) is 30.1 Å². The van der Waals surface area contributed by atoms with Crippen molar-refractivity contribution in [2.45, 2.75) is 32.6 Å². The summed E-state index contributed by atoms with van der Waals surface area (Å²) >= 11 is 0. The van der Waals surface area contributed by atoms with Gasteiger partial charge in [0.1, 0.15) is 0 Å². The lowest BCUT2D eigenvalue weighted by Crippen LogP contribution is -2.33. The number of likely N-dealkylation sites (N-methyl/N-ethyl adjacent to an activating group) is 1. The number of carbonyl (C=O) groups is 1. The highest BCUT2D eigenvalue weighted by Gasteiger charge is 2.42. The first kappa shape index (κ1) is 14.8. The summed E-state index contributed by atoms with van der Waals surface area (Å²) in [5.41, 5.74) is 1.56. The van der Waals surface area contributed by atoms with E-state index in [0.717, 1.165) is 11.3 Å². The molecule has 0 bridgehead atoms. The van der Waals surface area contributed by atoms with Crippen LogP contribution in [0.5, 0.6) is 0 Å². The first-order chi connectivity index (χ1) is 9.19. The van der Waals surface area contributed by atoms with Gasteiger partial charge in [0, 0.05) is 18.4 Å². The number of amides is 1. The van der Waals surface area contributed by atoms with Gasteiger partial charge < -0.3 is 4.90 Å². The van der Waals surface area contributed by atoms with Gasteiger partial charge in [0.25, 0.3) is 0 Å². The van der Waals surface area contributed by atoms with Gasteiger partial charge in [-0.1, -0.05) is 6.92 Å². The topological polar surface area (TPSA) is 66.5 Å². The van der Waals surface area contributed by atoms with Gasteiger partial charge in [-0.2, -0.15) is 0 Å². The number of benzene rings is 1. The fraction of sp³-hybridized carbons (Fsp3) is 0.500. The van der Waals surface area contributed by atoms with Gasteiger partial charge in [0.15, 0.2) is 0 Å². The molecule has 0 radical (unpaired) electrons. The second-order valence-electron chi connectivity index (χ2n) is 5.64. The van der Waals surface area contributed by atoms with Crippen LogP contribution in [0.2, 0.25) is 0 Å². The van der Waals surface area contributed by atoms with Gasteiger partial charge in [-0.3, -0.25) is 9.52 Å². The summed E-state index contributed by atoms with van der Waals surface area (Å²) in [4.78, 5) is 13.8. The molecule has 0 saturated heterocycles. The van der Waals surface area contributed by atoms with Crippen molar-refractivity contribution in [1.29, 1.82) is 0 Å². The number of carbonyl (C=O) groups excluding carboxylic acids is 1. The first-order valence-corrected chi connectivity index (χ1v) is 8.27. The number of anilines is 2. The third-order valence-electron chi connectivity index (χ3n) is 3.62. The van der Waals surface area contributed by atoms with Crippen molar-refractivity contribution >= 4 is 27.3 Å². The Morgan fingerprint density at radius 3 is 2.55 bits per heavy atom. The first-order valence-electron chi connectivity index (χ1n) is 6.62.